The fraction of sp³-hybridized carbons (Fsp3) is 0.550. The minimum absolute atomic E-state index is 0.0398. The molecule has 1 atom stereocenters. The van der Waals surface area contributed by atoms with Crippen LogP contribution in [0, 0.1) is 5.82 Å². The third kappa shape index (κ3) is 3.90. The Labute approximate surface area is 177 Å². The van der Waals surface area contributed by atoms with Crippen molar-refractivity contribution in [2.24, 2.45) is 0 Å². The Kier molecular flexibility index (Phi) is 5.04. The number of rotatable bonds is 3. The van der Waals surface area contributed by atoms with Gasteiger partial charge >= 0.3 is 11.8 Å². The van der Waals surface area contributed by atoms with Gasteiger partial charge in [0.05, 0.1) is 27.7 Å². The number of H-pyrrole nitrogens is 1. The number of halogens is 2. The van der Waals surface area contributed by atoms with Gasteiger partial charge in [0.25, 0.3) is 5.56 Å². The third-order valence-corrected chi connectivity index (χ3v) is 5.59. The zero-order valence-electron chi connectivity index (χ0n) is 17.1. The molecule has 2 aliphatic rings. The van der Waals surface area contributed by atoms with Crippen LogP contribution >= 0.6 is 11.6 Å². The fourth-order valence-electron chi connectivity index (χ4n) is 3.86. The number of carbonyl (C=O) groups is 1. The molecule has 4 rings (SSSR count). The van der Waals surface area contributed by atoms with Crippen LogP contribution in [0.3, 0.4) is 0 Å². The summed E-state index contributed by atoms with van der Waals surface area (Å²) in [4.78, 5) is 40.6. The quantitative estimate of drug-likeness (QED) is 0.768. The highest BCUT2D eigenvalue weighted by Gasteiger charge is 2.33. The molecular formula is C20H24ClFN4O4. The van der Waals surface area contributed by atoms with Gasteiger partial charge in [-0.25, -0.2) is 14.0 Å². The summed E-state index contributed by atoms with van der Waals surface area (Å²) in [7, 11) is 0. The number of hydrogen-bond acceptors (Lipinski definition) is 5. The van der Waals surface area contributed by atoms with Gasteiger partial charge in [-0.1, -0.05) is 11.6 Å². The van der Waals surface area contributed by atoms with Crippen molar-refractivity contribution in [3.05, 3.63) is 37.7 Å². The van der Waals surface area contributed by atoms with Crippen LogP contribution in [0.15, 0.2) is 15.7 Å². The molecule has 1 aromatic carbocycles. The standard InChI is InChI=1S/C20H24ClFN4O4/c1-20(2,3)30-19(29)23-10-6-7-25(9-10)16-13(22)8-12-15(14(16)21)26(11-4-5-11)18(28)24-17(12)27/h8,10-11H,4-7,9H2,1-3H3,(H,23,29)(H,24,27,28). The molecule has 1 unspecified atom stereocenters. The van der Waals surface area contributed by atoms with E-state index in [1.54, 1.807) is 25.7 Å². The lowest BCUT2D eigenvalue weighted by Crippen LogP contribution is -2.40. The summed E-state index contributed by atoms with van der Waals surface area (Å²) in [6, 6.07) is 0.839. The number of benzene rings is 1. The summed E-state index contributed by atoms with van der Waals surface area (Å²) in [6.07, 6.45) is 1.65. The molecule has 10 heteroatoms. The molecule has 2 fully saturated rings. The minimum atomic E-state index is -0.662. The van der Waals surface area contributed by atoms with E-state index in [4.69, 9.17) is 16.3 Å². The van der Waals surface area contributed by atoms with Crippen LogP contribution in [0.5, 0.6) is 0 Å². The monoisotopic (exact) mass is 438 g/mol. The Hall–Kier alpha value is -2.55. The summed E-state index contributed by atoms with van der Waals surface area (Å²) < 4.78 is 21.7. The lowest BCUT2D eigenvalue weighted by molar-refractivity contribution is 0.0509. The van der Waals surface area contributed by atoms with E-state index in [9.17, 15) is 18.8 Å². The van der Waals surface area contributed by atoms with Gasteiger partial charge in [-0.05, 0) is 46.1 Å². The molecule has 0 bridgehead atoms. The van der Waals surface area contributed by atoms with E-state index in [0.717, 1.165) is 18.9 Å². The molecular weight excluding hydrogens is 415 g/mol. The predicted octanol–water partition coefficient (Wildman–Crippen LogP) is 2.92. The van der Waals surface area contributed by atoms with E-state index in [-0.39, 0.29) is 33.7 Å². The number of anilines is 1. The van der Waals surface area contributed by atoms with Crippen molar-refractivity contribution in [1.29, 1.82) is 0 Å². The van der Waals surface area contributed by atoms with Crippen LogP contribution in [-0.2, 0) is 4.74 Å². The molecule has 1 aliphatic heterocycles. The number of fused-ring (bicyclic) bond motifs is 1. The lowest BCUT2D eigenvalue weighted by atomic mass is 10.2. The summed E-state index contributed by atoms with van der Waals surface area (Å²) in [5.74, 6) is -0.642. The van der Waals surface area contributed by atoms with Crippen LogP contribution in [0.25, 0.3) is 10.9 Å². The normalized spacial score (nSPS) is 19.4. The van der Waals surface area contributed by atoms with Gasteiger partial charge < -0.3 is 15.0 Å². The zero-order valence-corrected chi connectivity index (χ0v) is 17.8. The highest BCUT2D eigenvalue weighted by Crippen LogP contribution is 2.41. The first-order valence-electron chi connectivity index (χ1n) is 9.96. The molecule has 0 spiro atoms. The van der Waals surface area contributed by atoms with E-state index in [0.29, 0.717) is 19.5 Å². The molecule has 1 aromatic heterocycles. The molecule has 1 aliphatic carbocycles. The molecule has 1 amide bonds. The van der Waals surface area contributed by atoms with E-state index in [1.807, 2.05) is 0 Å². The molecule has 1 saturated heterocycles. The molecule has 30 heavy (non-hydrogen) atoms. The number of carbonyl (C=O) groups excluding carboxylic acids is 1. The summed E-state index contributed by atoms with van der Waals surface area (Å²) in [5, 5.41) is 2.88. The van der Waals surface area contributed by atoms with Gasteiger partial charge in [0.2, 0.25) is 0 Å². The van der Waals surface area contributed by atoms with Crippen molar-refractivity contribution in [3.63, 3.8) is 0 Å². The SMILES string of the molecule is CC(C)(C)OC(=O)NC1CCN(c2c(F)cc3c(=O)[nH]c(=O)n(C4CC4)c3c2Cl)C1. The van der Waals surface area contributed by atoms with Gasteiger partial charge in [0.1, 0.15) is 11.4 Å². The first kappa shape index (κ1) is 20.7. The summed E-state index contributed by atoms with van der Waals surface area (Å²) in [6.45, 7) is 6.12. The molecule has 1 saturated carbocycles. The minimum Gasteiger partial charge on any atom is -0.444 e. The van der Waals surface area contributed by atoms with Crippen molar-refractivity contribution >= 4 is 34.3 Å². The maximum atomic E-state index is 15.0. The lowest BCUT2D eigenvalue weighted by Gasteiger charge is -2.24. The van der Waals surface area contributed by atoms with Crippen molar-refractivity contribution in [2.45, 2.75) is 57.7 Å². The Bertz CT molecular complexity index is 1130. The van der Waals surface area contributed by atoms with Crippen LogP contribution < -0.4 is 21.5 Å². The van der Waals surface area contributed by atoms with Gasteiger partial charge in [0, 0.05) is 19.1 Å². The average molecular weight is 439 g/mol. The van der Waals surface area contributed by atoms with Gasteiger partial charge in [0.15, 0.2) is 0 Å². The molecule has 2 aromatic rings. The van der Waals surface area contributed by atoms with Gasteiger partial charge in [-0.3, -0.25) is 14.3 Å². The number of amides is 1. The Morgan fingerprint density at radius 2 is 2.00 bits per heavy atom. The second kappa shape index (κ2) is 7.30. The number of alkyl carbamates (subject to hydrolysis) is 1. The maximum absolute atomic E-state index is 15.0. The smallest absolute Gasteiger partial charge is 0.407 e. The van der Waals surface area contributed by atoms with Crippen molar-refractivity contribution in [2.75, 3.05) is 18.0 Å². The number of nitrogens with zero attached hydrogens (tertiary/aromatic N) is 2. The second-order valence-electron chi connectivity index (χ2n) is 8.86. The maximum Gasteiger partial charge on any atom is 0.407 e. The molecule has 2 heterocycles. The van der Waals surface area contributed by atoms with Crippen molar-refractivity contribution in [1.82, 2.24) is 14.9 Å². The van der Waals surface area contributed by atoms with Crippen molar-refractivity contribution in [3.8, 4) is 0 Å². The highest BCUT2D eigenvalue weighted by molar-refractivity contribution is 6.38. The summed E-state index contributed by atoms with van der Waals surface area (Å²) >= 11 is 6.58. The molecule has 8 nitrogen and oxygen atoms in total. The summed E-state index contributed by atoms with van der Waals surface area (Å²) in [5.41, 5.74) is -1.43. The molecule has 2 N–H and O–H groups in total. The number of aromatic nitrogens is 2. The van der Waals surface area contributed by atoms with E-state index < -0.39 is 28.8 Å². The second-order valence-corrected chi connectivity index (χ2v) is 9.23. The van der Waals surface area contributed by atoms with E-state index >= 15 is 0 Å². The van der Waals surface area contributed by atoms with E-state index in [2.05, 4.69) is 10.3 Å². The zero-order chi connectivity index (χ0) is 21.8. The van der Waals surface area contributed by atoms with Gasteiger partial charge in [-0.15, -0.1) is 0 Å². The largest absolute Gasteiger partial charge is 0.444 e. The Morgan fingerprint density at radius 3 is 2.63 bits per heavy atom. The van der Waals surface area contributed by atoms with Crippen molar-refractivity contribution < 1.29 is 13.9 Å². The van der Waals surface area contributed by atoms with Crippen LogP contribution in [-0.4, -0.2) is 40.4 Å². The van der Waals surface area contributed by atoms with E-state index in [1.165, 1.54) is 4.57 Å². The fourth-order valence-corrected chi connectivity index (χ4v) is 4.26. The number of nitrogens with one attached hydrogen (secondary N) is 2. The molecule has 0 radical (unpaired) electrons. The number of hydrogen-bond donors (Lipinski definition) is 2. The number of ether oxygens (including phenoxy) is 1. The van der Waals surface area contributed by atoms with Crippen LogP contribution in [0.1, 0.15) is 46.1 Å². The topological polar surface area (TPSA) is 96.4 Å². The average Bonchev–Trinajstić information content (AvgIpc) is 3.34. The number of aromatic amines is 1. The predicted molar refractivity (Wildman–Crippen MR) is 112 cm³/mol. The first-order valence-corrected chi connectivity index (χ1v) is 10.3. The highest BCUT2D eigenvalue weighted by atomic mass is 35.5. The van der Waals surface area contributed by atoms with Crippen LogP contribution in [0.4, 0.5) is 14.9 Å². The Balaban J connectivity index is 1.67. The Morgan fingerprint density at radius 1 is 1.30 bits per heavy atom. The molecule has 162 valence electrons. The third-order valence-electron chi connectivity index (χ3n) is 5.23. The van der Waals surface area contributed by atoms with Gasteiger partial charge in [-0.2, -0.15) is 0 Å². The van der Waals surface area contributed by atoms with Crippen LogP contribution in [0.2, 0.25) is 5.02 Å². The first-order chi connectivity index (χ1) is 14.0.